The number of carbonyl (C=O) groups is 1. The molecule has 1 amide bonds. The van der Waals surface area contributed by atoms with Gasteiger partial charge in [0.15, 0.2) is 6.10 Å². The average molecular weight is 429 g/mol. The summed E-state index contributed by atoms with van der Waals surface area (Å²) in [5, 5.41) is 3.97. The third kappa shape index (κ3) is 4.59. The van der Waals surface area contributed by atoms with Gasteiger partial charge in [-0.15, -0.1) is 0 Å². The van der Waals surface area contributed by atoms with Gasteiger partial charge in [-0.3, -0.25) is 9.78 Å². The van der Waals surface area contributed by atoms with Crippen LogP contribution in [0.25, 0.3) is 10.9 Å². The molecule has 0 aliphatic carbocycles. The number of hydrogen-bond donors (Lipinski definition) is 2. The molecule has 32 heavy (non-hydrogen) atoms. The summed E-state index contributed by atoms with van der Waals surface area (Å²) in [6, 6.07) is 14.9. The van der Waals surface area contributed by atoms with Gasteiger partial charge in [-0.1, -0.05) is 6.07 Å². The SMILES string of the molecule is Cc1ccc(Oc2ccc(Nc3ncnc4cccc(O[C@@H](C)C(N)=O)c34)cc2C)cn1. The van der Waals surface area contributed by atoms with Crippen LogP contribution in [0.5, 0.6) is 17.2 Å². The first-order valence-corrected chi connectivity index (χ1v) is 10.1. The van der Waals surface area contributed by atoms with Gasteiger partial charge >= 0.3 is 0 Å². The second-order valence-electron chi connectivity index (χ2n) is 7.38. The van der Waals surface area contributed by atoms with E-state index in [1.807, 2.05) is 50.2 Å². The Hall–Kier alpha value is -4.20. The zero-order chi connectivity index (χ0) is 22.7. The minimum absolute atomic E-state index is 0.473. The standard InChI is InChI=1S/C24H23N5O3/c1-14-11-17(8-10-20(14)32-18-9-7-15(2)26-12-18)29-24-22-19(27-13-28-24)5-4-6-21(22)31-16(3)23(25)30/h4-13,16H,1-3H3,(H2,25,30)(H,27,28,29)/t16-/m0/s1. The lowest BCUT2D eigenvalue weighted by molar-refractivity contribution is -0.123. The van der Waals surface area contributed by atoms with Crippen molar-refractivity contribution in [1.82, 2.24) is 15.0 Å². The van der Waals surface area contributed by atoms with Crippen molar-refractivity contribution in [2.24, 2.45) is 5.73 Å². The van der Waals surface area contributed by atoms with Crippen molar-refractivity contribution in [2.75, 3.05) is 5.32 Å². The van der Waals surface area contributed by atoms with Crippen LogP contribution < -0.4 is 20.5 Å². The number of amides is 1. The summed E-state index contributed by atoms with van der Waals surface area (Å²) in [4.78, 5) is 24.4. The van der Waals surface area contributed by atoms with Crippen molar-refractivity contribution in [3.8, 4) is 17.2 Å². The second-order valence-corrected chi connectivity index (χ2v) is 7.38. The quantitative estimate of drug-likeness (QED) is 0.447. The highest BCUT2D eigenvalue weighted by Crippen LogP contribution is 2.33. The summed E-state index contributed by atoms with van der Waals surface area (Å²) in [5.74, 6) is 1.88. The molecule has 4 aromatic rings. The van der Waals surface area contributed by atoms with Crippen LogP contribution in [0.15, 0.2) is 61.1 Å². The van der Waals surface area contributed by atoms with Gasteiger partial charge in [0.1, 0.15) is 29.4 Å². The Morgan fingerprint density at radius 3 is 2.59 bits per heavy atom. The van der Waals surface area contributed by atoms with E-state index < -0.39 is 12.0 Å². The molecule has 3 N–H and O–H groups in total. The van der Waals surface area contributed by atoms with E-state index in [0.717, 1.165) is 22.7 Å². The molecule has 162 valence electrons. The number of pyridine rings is 1. The first kappa shape index (κ1) is 21.0. The lowest BCUT2D eigenvalue weighted by Gasteiger charge is -2.16. The molecule has 4 rings (SSSR count). The van der Waals surface area contributed by atoms with Crippen LogP contribution in [0, 0.1) is 13.8 Å². The van der Waals surface area contributed by atoms with Crippen molar-refractivity contribution in [3.05, 3.63) is 72.3 Å². The maximum atomic E-state index is 11.5. The largest absolute Gasteiger partial charge is 0.480 e. The normalized spacial score (nSPS) is 11.7. The van der Waals surface area contributed by atoms with E-state index in [2.05, 4.69) is 20.3 Å². The van der Waals surface area contributed by atoms with Crippen LogP contribution in [0.1, 0.15) is 18.2 Å². The molecule has 0 fully saturated rings. The van der Waals surface area contributed by atoms with Gasteiger partial charge < -0.3 is 20.5 Å². The number of fused-ring (bicyclic) bond motifs is 1. The van der Waals surface area contributed by atoms with Crippen molar-refractivity contribution in [3.63, 3.8) is 0 Å². The van der Waals surface area contributed by atoms with Crippen LogP contribution in [0.2, 0.25) is 0 Å². The molecular weight excluding hydrogens is 406 g/mol. The number of rotatable bonds is 7. The van der Waals surface area contributed by atoms with Gasteiger partial charge in [0.25, 0.3) is 5.91 Å². The predicted molar refractivity (Wildman–Crippen MR) is 122 cm³/mol. The van der Waals surface area contributed by atoms with E-state index in [1.54, 1.807) is 25.3 Å². The number of nitrogens with zero attached hydrogens (tertiary/aromatic N) is 3. The van der Waals surface area contributed by atoms with Gasteiger partial charge in [0, 0.05) is 11.4 Å². The number of nitrogens with one attached hydrogen (secondary N) is 1. The lowest BCUT2D eigenvalue weighted by atomic mass is 10.1. The van der Waals surface area contributed by atoms with Crippen molar-refractivity contribution in [2.45, 2.75) is 26.9 Å². The van der Waals surface area contributed by atoms with Gasteiger partial charge in [0.2, 0.25) is 0 Å². The van der Waals surface area contributed by atoms with Crippen LogP contribution in [0.3, 0.4) is 0 Å². The predicted octanol–water partition coefficient (Wildman–Crippen LogP) is 4.43. The van der Waals surface area contributed by atoms with Crippen LogP contribution in [0.4, 0.5) is 11.5 Å². The Morgan fingerprint density at radius 2 is 1.88 bits per heavy atom. The molecule has 0 spiro atoms. The van der Waals surface area contributed by atoms with Gasteiger partial charge in [-0.05, 0) is 68.8 Å². The number of carbonyl (C=O) groups excluding carboxylic acids is 1. The van der Waals surface area contributed by atoms with Crippen LogP contribution in [-0.2, 0) is 4.79 Å². The summed E-state index contributed by atoms with van der Waals surface area (Å²) in [6.45, 7) is 5.49. The minimum atomic E-state index is -0.788. The molecule has 2 heterocycles. The number of aromatic nitrogens is 3. The average Bonchev–Trinajstić information content (AvgIpc) is 2.77. The second kappa shape index (κ2) is 8.89. The summed E-state index contributed by atoms with van der Waals surface area (Å²) in [6.07, 6.45) is 2.38. The Bertz CT molecular complexity index is 1270. The maximum absolute atomic E-state index is 11.5. The number of hydrogen-bond acceptors (Lipinski definition) is 7. The molecule has 8 heteroatoms. The molecule has 8 nitrogen and oxygen atoms in total. The fourth-order valence-electron chi connectivity index (χ4n) is 3.14. The Kier molecular flexibility index (Phi) is 5.85. The van der Waals surface area contributed by atoms with E-state index in [9.17, 15) is 4.79 Å². The fourth-order valence-corrected chi connectivity index (χ4v) is 3.14. The molecule has 0 saturated carbocycles. The third-order valence-corrected chi connectivity index (χ3v) is 4.88. The molecule has 0 aliphatic heterocycles. The Labute approximate surface area is 185 Å². The molecule has 2 aromatic heterocycles. The summed E-state index contributed by atoms with van der Waals surface area (Å²) in [7, 11) is 0. The fraction of sp³-hybridized carbons (Fsp3) is 0.167. The van der Waals surface area contributed by atoms with Gasteiger partial charge in [0.05, 0.1) is 17.1 Å². The van der Waals surface area contributed by atoms with Crippen LogP contribution in [-0.4, -0.2) is 27.0 Å². The van der Waals surface area contributed by atoms with Gasteiger partial charge in [-0.2, -0.15) is 0 Å². The molecule has 0 radical (unpaired) electrons. The van der Waals surface area contributed by atoms with E-state index in [0.29, 0.717) is 28.2 Å². The molecule has 0 bridgehead atoms. The lowest BCUT2D eigenvalue weighted by Crippen LogP contribution is -2.30. The summed E-state index contributed by atoms with van der Waals surface area (Å²) < 4.78 is 11.7. The monoisotopic (exact) mass is 429 g/mol. The number of nitrogens with two attached hydrogens (primary N) is 1. The number of ether oxygens (including phenoxy) is 2. The Morgan fingerprint density at radius 1 is 1.03 bits per heavy atom. The number of anilines is 2. The molecule has 0 aliphatic rings. The summed E-state index contributed by atoms with van der Waals surface area (Å²) in [5.41, 5.74) is 8.72. The first-order chi connectivity index (χ1) is 15.4. The van der Waals surface area contributed by atoms with Gasteiger partial charge in [-0.25, -0.2) is 9.97 Å². The van der Waals surface area contributed by atoms with E-state index in [-0.39, 0.29) is 0 Å². The number of aryl methyl sites for hydroxylation is 2. The molecule has 2 aromatic carbocycles. The minimum Gasteiger partial charge on any atom is -0.480 e. The molecule has 1 atom stereocenters. The molecule has 0 unspecified atom stereocenters. The third-order valence-electron chi connectivity index (χ3n) is 4.88. The van der Waals surface area contributed by atoms with Crippen molar-refractivity contribution < 1.29 is 14.3 Å². The van der Waals surface area contributed by atoms with Crippen molar-refractivity contribution in [1.29, 1.82) is 0 Å². The maximum Gasteiger partial charge on any atom is 0.258 e. The Balaban J connectivity index is 1.62. The molecular formula is C24H23N5O3. The number of benzene rings is 2. The number of primary amides is 1. The highest BCUT2D eigenvalue weighted by Gasteiger charge is 2.16. The zero-order valence-corrected chi connectivity index (χ0v) is 18.0. The molecule has 0 saturated heterocycles. The van der Waals surface area contributed by atoms with E-state index in [1.165, 1.54) is 6.33 Å². The highest BCUT2D eigenvalue weighted by atomic mass is 16.5. The van der Waals surface area contributed by atoms with E-state index >= 15 is 0 Å². The van der Waals surface area contributed by atoms with E-state index in [4.69, 9.17) is 15.2 Å². The first-order valence-electron chi connectivity index (χ1n) is 10.1. The summed E-state index contributed by atoms with van der Waals surface area (Å²) >= 11 is 0. The zero-order valence-electron chi connectivity index (χ0n) is 18.0. The smallest absolute Gasteiger partial charge is 0.258 e. The highest BCUT2D eigenvalue weighted by molar-refractivity contribution is 5.96. The topological polar surface area (TPSA) is 112 Å². The van der Waals surface area contributed by atoms with Crippen LogP contribution >= 0.6 is 0 Å². The van der Waals surface area contributed by atoms with Crippen molar-refractivity contribution >= 4 is 28.3 Å².